The Labute approximate surface area is 125 Å². The highest BCUT2D eigenvalue weighted by atomic mass is 16.4. The van der Waals surface area contributed by atoms with Crippen LogP contribution in [0.4, 0.5) is 0 Å². The SMILES string of the molecule is Cc1cc2oc(=O)cc(CN(C)CCC(C)O)c2cc1C. The summed E-state index contributed by atoms with van der Waals surface area (Å²) >= 11 is 0. The summed E-state index contributed by atoms with van der Waals surface area (Å²) in [5.74, 6) is 0. The predicted octanol–water partition coefficient (Wildman–Crippen LogP) is 2.61. The smallest absolute Gasteiger partial charge is 0.336 e. The largest absolute Gasteiger partial charge is 0.423 e. The van der Waals surface area contributed by atoms with Gasteiger partial charge in [0.05, 0.1) is 6.10 Å². The average Bonchev–Trinajstić information content (AvgIpc) is 2.38. The molecule has 0 saturated carbocycles. The summed E-state index contributed by atoms with van der Waals surface area (Å²) in [7, 11) is 1.99. The Kier molecular flexibility index (Phi) is 4.80. The third-order valence-electron chi connectivity index (χ3n) is 3.81. The van der Waals surface area contributed by atoms with Crippen molar-refractivity contribution in [1.82, 2.24) is 4.90 Å². The van der Waals surface area contributed by atoms with E-state index in [0.717, 1.165) is 23.1 Å². The molecule has 0 amide bonds. The van der Waals surface area contributed by atoms with Crippen molar-refractivity contribution in [3.8, 4) is 0 Å². The highest BCUT2D eigenvalue weighted by Gasteiger charge is 2.10. The maximum Gasteiger partial charge on any atom is 0.336 e. The van der Waals surface area contributed by atoms with Gasteiger partial charge >= 0.3 is 5.63 Å². The zero-order valence-corrected chi connectivity index (χ0v) is 13.1. The van der Waals surface area contributed by atoms with Crippen molar-refractivity contribution in [2.24, 2.45) is 0 Å². The van der Waals surface area contributed by atoms with E-state index in [-0.39, 0.29) is 11.7 Å². The minimum absolute atomic E-state index is 0.310. The zero-order chi connectivity index (χ0) is 15.6. The van der Waals surface area contributed by atoms with Crippen LogP contribution in [0.5, 0.6) is 0 Å². The minimum atomic E-state index is -0.315. The van der Waals surface area contributed by atoms with Gasteiger partial charge < -0.3 is 14.4 Å². The number of fused-ring (bicyclic) bond motifs is 1. The highest BCUT2D eigenvalue weighted by Crippen LogP contribution is 2.22. The van der Waals surface area contributed by atoms with Crippen LogP contribution < -0.4 is 5.63 Å². The van der Waals surface area contributed by atoms with E-state index in [4.69, 9.17) is 4.42 Å². The lowest BCUT2D eigenvalue weighted by molar-refractivity contribution is 0.163. The number of rotatable bonds is 5. The van der Waals surface area contributed by atoms with Gasteiger partial charge in [-0.3, -0.25) is 0 Å². The third kappa shape index (κ3) is 3.93. The normalized spacial score (nSPS) is 13.0. The molecular formula is C17H23NO3. The summed E-state index contributed by atoms with van der Waals surface area (Å²) in [4.78, 5) is 13.8. The Balaban J connectivity index is 2.34. The molecule has 1 aromatic heterocycles. The Morgan fingerprint density at radius 1 is 1.24 bits per heavy atom. The Bertz CT molecular complexity index is 688. The van der Waals surface area contributed by atoms with E-state index < -0.39 is 0 Å². The second-order valence-electron chi connectivity index (χ2n) is 5.90. The van der Waals surface area contributed by atoms with Crippen molar-refractivity contribution in [2.45, 2.75) is 39.8 Å². The molecule has 1 N–H and O–H groups in total. The maximum absolute atomic E-state index is 11.7. The lowest BCUT2D eigenvalue weighted by atomic mass is 10.0. The predicted molar refractivity (Wildman–Crippen MR) is 84.6 cm³/mol. The van der Waals surface area contributed by atoms with Crippen LogP contribution in [0.1, 0.15) is 30.0 Å². The number of nitrogens with zero attached hydrogens (tertiary/aromatic N) is 1. The summed E-state index contributed by atoms with van der Waals surface area (Å²) in [5, 5.41) is 10.3. The molecule has 1 unspecified atom stereocenters. The van der Waals surface area contributed by atoms with Crippen molar-refractivity contribution in [3.63, 3.8) is 0 Å². The van der Waals surface area contributed by atoms with Gasteiger partial charge in [-0.15, -0.1) is 0 Å². The number of aliphatic hydroxyl groups excluding tert-OH is 1. The van der Waals surface area contributed by atoms with E-state index in [2.05, 4.69) is 17.9 Å². The van der Waals surface area contributed by atoms with Gasteiger partial charge in [-0.2, -0.15) is 0 Å². The van der Waals surface area contributed by atoms with Crippen molar-refractivity contribution < 1.29 is 9.52 Å². The first-order valence-electron chi connectivity index (χ1n) is 7.27. The summed E-state index contributed by atoms with van der Waals surface area (Å²) in [6.07, 6.45) is 0.406. The van der Waals surface area contributed by atoms with Crippen LogP contribution in [0.3, 0.4) is 0 Å². The Morgan fingerprint density at radius 2 is 1.90 bits per heavy atom. The van der Waals surface area contributed by atoms with Crippen LogP contribution in [-0.4, -0.2) is 29.7 Å². The second-order valence-corrected chi connectivity index (χ2v) is 5.90. The molecule has 4 heteroatoms. The van der Waals surface area contributed by atoms with Crippen molar-refractivity contribution in [1.29, 1.82) is 0 Å². The molecule has 0 saturated heterocycles. The average molecular weight is 289 g/mol. The van der Waals surface area contributed by atoms with Crippen LogP contribution in [0.15, 0.2) is 27.4 Å². The molecule has 0 aliphatic heterocycles. The standard InChI is InChI=1S/C17H23NO3/c1-11-7-15-14(10-18(4)6-5-13(3)19)9-17(20)21-16(15)8-12(11)2/h7-9,13,19H,5-6,10H2,1-4H3. The number of aryl methyl sites for hydroxylation is 2. The number of aliphatic hydroxyl groups is 1. The lowest BCUT2D eigenvalue weighted by Crippen LogP contribution is -2.22. The van der Waals surface area contributed by atoms with Crippen LogP contribution in [0.25, 0.3) is 11.0 Å². The molecule has 21 heavy (non-hydrogen) atoms. The van der Waals surface area contributed by atoms with Gasteiger partial charge in [0.1, 0.15) is 5.58 Å². The molecule has 114 valence electrons. The number of hydrogen-bond donors (Lipinski definition) is 1. The maximum atomic E-state index is 11.7. The van der Waals surface area contributed by atoms with Crippen LogP contribution in [-0.2, 0) is 6.54 Å². The molecule has 0 aliphatic rings. The topological polar surface area (TPSA) is 53.7 Å². The fourth-order valence-electron chi connectivity index (χ4n) is 2.39. The van der Waals surface area contributed by atoms with Gasteiger partial charge in [-0.1, -0.05) is 0 Å². The summed E-state index contributed by atoms with van der Waals surface area (Å²) < 4.78 is 5.30. The van der Waals surface area contributed by atoms with Gasteiger partial charge in [0.2, 0.25) is 0 Å². The number of benzene rings is 1. The monoisotopic (exact) mass is 289 g/mol. The Morgan fingerprint density at radius 3 is 2.57 bits per heavy atom. The van der Waals surface area contributed by atoms with E-state index in [9.17, 15) is 9.90 Å². The molecular weight excluding hydrogens is 266 g/mol. The Hall–Kier alpha value is -1.65. The number of hydrogen-bond acceptors (Lipinski definition) is 4. The molecule has 4 nitrogen and oxygen atoms in total. The summed E-state index contributed by atoms with van der Waals surface area (Å²) in [6.45, 7) is 7.30. The summed E-state index contributed by atoms with van der Waals surface area (Å²) in [6, 6.07) is 5.56. The first-order chi connectivity index (χ1) is 9.86. The van der Waals surface area contributed by atoms with E-state index in [1.165, 1.54) is 5.56 Å². The van der Waals surface area contributed by atoms with Gasteiger partial charge in [0.15, 0.2) is 0 Å². The van der Waals surface area contributed by atoms with Crippen molar-refractivity contribution in [3.05, 3.63) is 45.3 Å². The van der Waals surface area contributed by atoms with Gasteiger partial charge in [-0.25, -0.2) is 4.79 Å². The van der Waals surface area contributed by atoms with Gasteiger partial charge in [0, 0.05) is 24.5 Å². The molecule has 0 aliphatic carbocycles. The molecule has 2 aromatic rings. The fourth-order valence-corrected chi connectivity index (χ4v) is 2.39. The molecule has 0 bridgehead atoms. The molecule has 1 heterocycles. The van der Waals surface area contributed by atoms with E-state index in [1.54, 1.807) is 13.0 Å². The van der Waals surface area contributed by atoms with Crippen molar-refractivity contribution in [2.75, 3.05) is 13.6 Å². The van der Waals surface area contributed by atoms with E-state index >= 15 is 0 Å². The fraction of sp³-hybridized carbons (Fsp3) is 0.471. The van der Waals surface area contributed by atoms with Gasteiger partial charge in [-0.05, 0) is 63.1 Å². The molecule has 2 rings (SSSR count). The molecule has 1 aromatic carbocycles. The first kappa shape index (κ1) is 15.7. The molecule has 1 atom stereocenters. The quantitative estimate of drug-likeness (QED) is 0.860. The minimum Gasteiger partial charge on any atom is -0.423 e. The van der Waals surface area contributed by atoms with E-state index in [1.807, 2.05) is 20.0 Å². The summed E-state index contributed by atoms with van der Waals surface area (Å²) in [5.41, 5.74) is 3.60. The second kappa shape index (κ2) is 6.41. The van der Waals surface area contributed by atoms with Crippen molar-refractivity contribution >= 4 is 11.0 Å². The third-order valence-corrected chi connectivity index (χ3v) is 3.81. The van der Waals surface area contributed by atoms with E-state index in [0.29, 0.717) is 18.5 Å². The van der Waals surface area contributed by atoms with Gasteiger partial charge in [0.25, 0.3) is 0 Å². The first-order valence-corrected chi connectivity index (χ1v) is 7.27. The van der Waals surface area contributed by atoms with Crippen LogP contribution >= 0.6 is 0 Å². The lowest BCUT2D eigenvalue weighted by Gasteiger charge is -2.18. The molecule has 0 spiro atoms. The molecule has 0 fully saturated rings. The molecule has 0 radical (unpaired) electrons. The highest BCUT2D eigenvalue weighted by molar-refractivity contribution is 5.81. The zero-order valence-electron chi connectivity index (χ0n) is 13.1. The van der Waals surface area contributed by atoms with Crippen LogP contribution in [0, 0.1) is 13.8 Å². The van der Waals surface area contributed by atoms with Crippen LogP contribution in [0.2, 0.25) is 0 Å².